The molecule has 0 unspecified atom stereocenters. The highest BCUT2D eigenvalue weighted by Gasteiger charge is 2.06. The molecule has 7 heteroatoms. The number of nitrogens with one attached hydrogen (secondary N) is 1. The van der Waals surface area contributed by atoms with Crippen LogP contribution in [0.1, 0.15) is 12.5 Å². The van der Waals surface area contributed by atoms with Crippen LogP contribution in [-0.2, 0) is 6.54 Å². The van der Waals surface area contributed by atoms with Crippen LogP contribution in [0.3, 0.4) is 0 Å². The Balaban J connectivity index is 0.00000288. The van der Waals surface area contributed by atoms with Crippen molar-refractivity contribution < 1.29 is 9.13 Å². The van der Waals surface area contributed by atoms with Crippen molar-refractivity contribution in [2.75, 3.05) is 6.54 Å². The van der Waals surface area contributed by atoms with Gasteiger partial charge in [0.1, 0.15) is 11.6 Å². The van der Waals surface area contributed by atoms with Crippen LogP contribution in [0.2, 0.25) is 0 Å². The zero-order chi connectivity index (χ0) is 16.7. The molecule has 5 nitrogen and oxygen atoms in total. The van der Waals surface area contributed by atoms with Crippen molar-refractivity contribution in [3.63, 3.8) is 0 Å². The molecule has 0 amide bonds. The van der Waals surface area contributed by atoms with E-state index in [1.165, 1.54) is 12.1 Å². The third-order valence-electron chi connectivity index (χ3n) is 2.85. The van der Waals surface area contributed by atoms with Crippen LogP contribution in [-0.4, -0.2) is 17.5 Å². The summed E-state index contributed by atoms with van der Waals surface area (Å²) in [5, 5.41) is 2.95. The Bertz CT molecular complexity index is 721. The highest BCUT2D eigenvalue weighted by molar-refractivity contribution is 14.0. The lowest BCUT2D eigenvalue weighted by atomic mass is 10.2. The number of halogens is 2. The molecule has 0 radical (unpaired) electrons. The number of ether oxygens (including phenoxy) is 1. The van der Waals surface area contributed by atoms with E-state index in [-0.39, 0.29) is 29.8 Å². The summed E-state index contributed by atoms with van der Waals surface area (Å²) in [4.78, 5) is 8.40. The zero-order valence-electron chi connectivity index (χ0n) is 13.3. The molecule has 0 bridgehead atoms. The van der Waals surface area contributed by atoms with Gasteiger partial charge >= 0.3 is 0 Å². The highest BCUT2D eigenvalue weighted by Crippen LogP contribution is 2.23. The molecule has 1 heterocycles. The Morgan fingerprint density at radius 1 is 1.38 bits per heavy atom. The topological polar surface area (TPSA) is 72.5 Å². The third-order valence-corrected chi connectivity index (χ3v) is 2.85. The van der Waals surface area contributed by atoms with E-state index in [9.17, 15) is 4.39 Å². The first kappa shape index (κ1) is 19.9. The van der Waals surface area contributed by atoms with Gasteiger partial charge in [0.2, 0.25) is 5.88 Å². The number of guanidine groups is 1. The van der Waals surface area contributed by atoms with Crippen LogP contribution in [0.4, 0.5) is 4.39 Å². The van der Waals surface area contributed by atoms with Gasteiger partial charge in [-0.3, -0.25) is 0 Å². The minimum absolute atomic E-state index is 0. The molecule has 0 fully saturated rings. The average Bonchev–Trinajstić information content (AvgIpc) is 2.52. The number of pyridine rings is 1. The molecule has 0 saturated heterocycles. The minimum atomic E-state index is -0.369. The van der Waals surface area contributed by atoms with Gasteiger partial charge in [0.25, 0.3) is 0 Å². The molecule has 24 heavy (non-hydrogen) atoms. The van der Waals surface area contributed by atoms with E-state index in [0.29, 0.717) is 30.7 Å². The molecule has 0 aliphatic rings. The standard InChI is InChI=1S/C17H19FN4O.HI/c1-12(2)10-21-17(19)22-11-13-5-4-8-20-16(13)23-15-7-3-6-14(18)9-15;/h3-9H,1,10-11H2,2H3,(H3,19,21,22);1H. The Morgan fingerprint density at radius 3 is 2.88 bits per heavy atom. The summed E-state index contributed by atoms with van der Waals surface area (Å²) in [5.74, 6) is 0.691. The summed E-state index contributed by atoms with van der Waals surface area (Å²) in [7, 11) is 0. The summed E-state index contributed by atoms with van der Waals surface area (Å²) < 4.78 is 18.8. The predicted octanol–water partition coefficient (Wildman–Crippen LogP) is 3.61. The van der Waals surface area contributed by atoms with E-state index in [1.54, 1.807) is 24.4 Å². The van der Waals surface area contributed by atoms with Crippen LogP contribution in [0.25, 0.3) is 0 Å². The average molecular weight is 442 g/mol. The van der Waals surface area contributed by atoms with Gasteiger partial charge < -0.3 is 15.8 Å². The Kier molecular flexibility index (Phi) is 8.17. The number of aliphatic imine (C=N–C) groups is 1. The maximum Gasteiger partial charge on any atom is 0.224 e. The predicted molar refractivity (Wildman–Crippen MR) is 104 cm³/mol. The van der Waals surface area contributed by atoms with Crippen molar-refractivity contribution >= 4 is 29.9 Å². The molecule has 0 spiro atoms. The van der Waals surface area contributed by atoms with E-state index in [1.807, 2.05) is 13.0 Å². The van der Waals surface area contributed by atoms with Crippen LogP contribution in [0, 0.1) is 5.82 Å². The van der Waals surface area contributed by atoms with E-state index in [2.05, 4.69) is 21.9 Å². The van der Waals surface area contributed by atoms with Crippen LogP contribution in [0.5, 0.6) is 11.6 Å². The number of aromatic nitrogens is 1. The molecular formula is C17H20FIN4O. The monoisotopic (exact) mass is 442 g/mol. The van der Waals surface area contributed by atoms with Crippen molar-refractivity contribution in [1.82, 2.24) is 10.3 Å². The molecular weight excluding hydrogens is 422 g/mol. The molecule has 2 rings (SSSR count). The summed E-state index contributed by atoms with van der Waals surface area (Å²) in [6.07, 6.45) is 1.60. The normalized spacial score (nSPS) is 10.7. The lowest BCUT2D eigenvalue weighted by Gasteiger charge is -2.09. The largest absolute Gasteiger partial charge is 0.439 e. The molecule has 3 N–H and O–H groups in total. The fourth-order valence-corrected chi connectivity index (χ4v) is 1.75. The van der Waals surface area contributed by atoms with E-state index in [0.717, 1.165) is 11.1 Å². The van der Waals surface area contributed by atoms with E-state index >= 15 is 0 Å². The number of nitrogens with zero attached hydrogens (tertiary/aromatic N) is 2. The van der Waals surface area contributed by atoms with Crippen molar-refractivity contribution in [2.45, 2.75) is 13.5 Å². The summed E-state index contributed by atoms with van der Waals surface area (Å²) in [6.45, 7) is 6.54. The molecule has 1 aromatic carbocycles. The lowest BCUT2D eigenvalue weighted by molar-refractivity contribution is 0.452. The fraction of sp³-hybridized carbons (Fsp3) is 0.176. The van der Waals surface area contributed by atoms with Gasteiger partial charge in [-0.25, -0.2) is 14.4 Å². The van der Waals surface area contributed by atoms with Crippen LogP contribution >= 0.6 is 24.0 Å². The minimum Gasteiger partial charge on any atom is -0.439 e. The van der Waals surface area contributed by atoms with Crippen molar-refractivity contribution in [3.8, 4) is 11.6 Å². The maximum absolute atomic E-state index is 13.2. The van der Waals surface area contributed by atoms with Gasteiger partial charge in [0.15, 0.2) is 5.96 Å². The van der Waals surface area contributed by atoms with Gasteiger partial charge in [-0.05, 0) is 25.1 Å². The molecule has 2 aromatic rings. The number of rotatable bonds is 6. The first-order valence-electron chi connectivity index (χ1n) is 7.10. The third kappa shape index (κ3) is 6.53. The number of benzene rings is 1. The van der Waals surface area contributed by atoms with Gasteiger partial charge in [0, 0.05) is 24.4 Å². The number of hydrogen-bond donors (Lipinski definition) is 2. The Morgan fingerprint density at radius 2 is 2.17 bits per heavy atom. The summed E-state index contributed by atoms with van der Waals surface area (Å²) in [5.41, 5.74) is 7.48. The molecule has 128 valence electrons. The van der Waals surface area contributed by atoms with Crippen LogP contribution < -0.4 is 15.8 Å². The first-order valence-corrected chi connectivity index (χ1v) is 7.10. The smallest absolute Gasteiger partial charge is 0.224 e. The zero-order valence-corrected chi connectivity index (χ0v) is 15.7. The van der Waals surface area contributed by atoms with Gasteiger partial charge in [-0.15, -0.1) is 24.0 Å². The number of hydrogen-bond acceptors (Lipinski definition) is 3. The second-order valence-corrected chi connectivity index (χ2v) is 5.04. The molecule has 1 aromatic heterocycles. The number of nitrogens with two attached hydrogens (primary N) is 1. The van der Waals surface area contributed by atoms with Crippen molar-refractivity contribution in [3.05, 3.63) is 66.1 Å². The molecule has 0 saturated carbocycles. The molecule has 0 atom stereocenters. The maximum atomic E-state index is 13.2. The van der Waals surface area contributed by atoms with Gasteiger partial charge in [0.05, 0.1) is 6.54 Å². The second kappa shape index (κ2) is 9.86. The lowest BCUT2D eigenvalue weighted by Crippen LogP contribution is -2.32. The molecule has 0 aliphatic heterocycles. The summed E-state index contributed by atoms with van der Waals surface area (Å²) >= 11 is 0. The van der Waals surface area contributed by atoms with Gasteiger partial charge in [-0.1, -0.05) is 24.3 Å². The fourth-order valence-electron chi connectivity index (χ4n) is 1.75. The van der Waals surface area contributed by atoms with Crippen molar-refractivity contribution in [1.29, 1.82) is 0 Å². The van der Waals surface area contributed by atoms with E-state index in [4.69, 9.17) is 10.5 Å². The van der Waals surface area contributed by atoms with Gasteiger partial charge in [-0.2, -0.15) is 0 Å². The first-order chi connectivity index (χ1) is 11.0. The SMILES string of the molecule is C=C(C)CNC(N)=NCc1cccnc1Oc1cccc(F)c1.I. The van der Waals surface area contributed by atoms with Crippen molar-refractivity contribution in [2.24, 2.45) is 10.7 Å². The highest BCUT2D eigenvalue weighted by atomic mass is 127. The Hall–Kier alpha value is -2.16. The second-order valence-electron chi connectivity index (χ2n) is 5.04. The molecule has 0 aliphatic carbocycles. The van der Waals surface area contributed by atoms with E-state index < -0.39 is 0 Å². The Labute approximate surface area is 157 Å². The van der Waals surface area contributed by atoms with Crippen LogP contribution in [0.15, 0.2) is 59.7 Å². The quantitative estimate of drug-likeness (QED) is 0.310. The summed E-state index contributed by atoms with van der Waals surface area (Å²) in [6, 6.07) is 9.49.